The largest absolute Gasteiger partial charge is 0.337 e. The number of aryl methyl sites for hydroxylation is 1. The number of benzene rings is 2. The number of nitrogens with zero attached hydrogens (tertiary/aromatic N) is 4. The fourth-order valence-corrected chi connectivity index (χ4v) is 3.73. The van der Waals surface area contributed by atoms with Gasteiger partial charge in [-0.3, -0.25) is 14.4 Å². The van der Waals surface area contributed by atoms with Crippen molar-refractivity contribution in [1.82, 2.24) is 19.6 Å². The van der Waals surface area contributed by atoms with Gasteiger partial charge in [-0.1, -0.05) is 36.4 Å². The Morgan fingerprint density at radius 1 is 1.04 bits per heavy atom. The summed E-state index contributed by atoms with van der Waals surface area (Å²) in [7, 11) is 1.94. The molecular formula is C21H24N4O. The first-order chi connectivity index (χ1) is 12.7. The Morgan fingerprint density at radius 2 is 1.88 bits per heavy atom. The fraction of sp³-hybridized carbons (Fsp3) is 0.333. The van der Waals surface area contributed by atoms with Crippen LogP contribution in [0.5, 0.6) is 0 Å². The predicted molar refractivity (Wildman–Crippen MR) is 103 cm³/mol. The van der Waals surface area contributed by atoms with Crippen molar-refractivity contribution in [3.63, 3.8) is 0 Å². The molecule has 1 aliphatic rings. The van der Waals surface area contributed by atoms with E-state index in [4.69, 9.17) is 0 Å². The number of rotatable bonds is 3. The summed E-state index contributed by atoms with van der Waals surface area (Å²) in [5.74, 6) is 0.144. The van der Waals surface area contributed by atoms with Crippen molar-refractivity contribution >= 4 is 16.7 Å². The molecule has 5 nitrogen and oxygen atoms in total. The molecule has 1 saturated heterocycles. The van der Waals surface area contributed by atoms with Crippen molar-refractivity contribution in [3.05, 3.63) is 66.0 Å². The lowest BCUT2D eigenvalue weighted by Crippen LogP contribution is -2.35. The molecule has 4 rings (SSSR count). The molecule has 5 heteroatoms. The number of amides is 1. The molecular weight excluding hydrogens is 324 g/mol. The van der Waals surface area contributed by atoms with Crippen LogP contribution in [-0.2, 0) is 13.6 Å². The van der Waals surface area contributed by atoms with Gasteiger partial charge in [-0.25, -0.2) is 0 Å². The summed E-state index contributed by atoms with van der Waals surface area (Å²) in [6.07, 6.45) is 4.98. The van der Waals surface area contributed by atoms with E-state index in [1.165, 1.54) is 5.56 Å². The van der Waals surface area contributed by atoms with Crippen LogP contribution in [-0.4, -0.2) is 51.7 Å². The molecule has 1 amide bonds. The van der Waals surface area contributed by atoms with Crippen LogP contribution in [0.1, 0.15) is 22.3 Å². The number of aromatic nitrogens is 2. The Kier molecular flexibility index (Phi) is 4.71. The van der Waals surface area contributed by atoms with E-state index < -0.39 is 0 Å². The molecule has 1 aromatic heterocycles. The van der Waals surface area contributed by atoms with Gasteiger partial charge in [0.2, 0.25) is 0 Å². The second kappa shape index (κ2) is 7.30. The highest BCUT2D eigenvalue weighted by molar-refractivity contribution is 6.07. The normalized spacial score (nSPS) is 16.0. The summed E-state index contributed by atoms with van der Waals surface area (Å²) >= 11 is 0. The van der Waals surface area contributed by atoms with Gasteiger partial charge in [0.1, 0.15) is 0 Å². The van der Waals surface area contributed by atoms with Gasteiger partial charge >= 0.3 is 0 Å². The molecule has 0 aliphatic carbocycles. The number of fused-ring (bicyclic) bond motifs is 1. The van der Waals surface area contributed by atoms with Crippen LogP contribution >= 0.6 is 0 Å². The van der Waals surface area contributed by atoms with Crippen LogP contribution in [0.25, 0.3) is 10.8 Å². The quantitative estimate of drug-likeness (QED) is 0.731. The first-order valence-electron chi connectivity index (χ1n) is 9.17. The first-order valence-corrected chi connectivity index (χ1v) is 9.17. The zero-order valence-electron chi connectivity index (χ0n) is 15.1. The third-order valence-electron chi connectivity index (χ3n) is 5.06. The smallest absolute Gasteiger partial charge is 0.254 e. The van der Waals surface area contributed by atoms with Gasteiger partial charge in [-0.05, 0) is 23.3 Å². The van der Waals surface area contributed by atoms with Gasteiger partial charge in [-0.15, -0.1) is 0 Å². The monoisotopic (exact) mass is 348 g/mol. The number of hydrogen-bond acceptors (Lipinski definition) is 3. The zero-order chi connectivity index (χ0) is 17.9. The van der Waals surface area contributed by atoms with Crippen LogP contribution in [0.15, 0.2) is 54.9 Å². The number of carbonyl (C=O) groups is 1. The van der Waals surface area contributed by atoms with Crippen molar-refractivity contribution in [2.24, 2.45) is 7.05 Å². The summed E-state index contributed by atoms with van der Waals surface area (Å²) in [6.45, 7) is 4.37. The minimum Gasteiger partial charge on any atom is -0.337 e. The first kappa shape index (κ1) is 16.8. The molecule has 1 aliphatic heterocycles. The van der Waals surface area contributed by atoms with Crippen LogP contribution in [0.2, 0.25) is 0 Å². The van der Waals surface area contributed by atoms with Gasteiger partial charge in [-0.2, -0.15) is 5.10 Å². The van der Waals surface area contributed by atoms with Crippen molar-refractivity contribution in [2.75, 3.05) is 26.2 Å². The maximum absolute atomic E-state index is 13.1. The van der Waals surface area contributed by atoms with Crippen LogP contribution in [0.4, 0.5) is 0 Å². The van der Waals surface area contributed by atoms with E-state index in [-0.39, 0.29) is 5.91 Å². The molecule has 134 valence electrons. The molecule has 0 radical (unpaired) electrons. The molecule has 1 fully saturated rings. The standard InChI is InChI=1S/C21H24N4O/c1-23-15-17(14-22-23)16-24-10-5-11-25(13-12-24)21(26)20-9-4-7-18-6-2-3-8-19(18)20/h2-4,6-9,14-15H,5,10-13,16H2,1H3. The Labute approximate surface area is 153 Å². The van der Waals surface area contributed by atoms with E-state index in [1.807, 2.05) is 53.2 Å². The molecule has 3 aromatic rings. The Hall–Kier alpha value is -2.66. The third-order valence-corrected chi connectivity index (χ3v) is 5.06. The van der Waals surface area contributed by atoms with Gasteiger partial charge < -0.3 is 4.90 Å². The molecule has 0 atom stereocenters. The Bertz CT molecular complexity index is 912. The topological polar surface area (TPSA) is 41.4 Å². The van der Waals surface area contributed by atoms with Crippen molar-refractivity contribution < 1.29 is 4.79 Å². The van der Waals surface area contributed by atoms with Gasteiger partial charge in [0.05, 0.1) is 6.20 Å². The van der Waals surface area contributed by atoms with E-state index in [0.29, 0.717) is 0 Å². The SMILES string of the molecule is Cn1cc(CN2CCCN(C(=O)c3cccc4ccccc34)CC2)cn1. The van der Waals surface area contributed by atoms with Crippen molar-refractivity contribution in [1.29, 1.82) is 0 Å². The number of carbonyl (C=O) groups excluding carboxylic acids is 1. The highest BCUT2D eigenvalue weighted by Gasteiger charge is 2.21. The van der Waals surface area contributed by atoms with Gasteiger partial charge in [0.15, 0.2) is 0 Å². The third kappa shape index (κ3) is 3.48. The van der Waals surface area contributed by atoms with E-state index in [9.17, 15) is 4.79 Å². The maximum atomic E-state index is 13.1. The molecule has 0 N–H and O–H groups in total. The van der Waals surface area contributed by atoms with Crippen LogP contribution in [0.3, 0.4) is 0 Å². The summed E-state index contributed by atoms with van der Waals surface area (Å²) in [5.41, 5.74) is 2.03. The highest BCUT2D eigenvalue weighted by atomic mass is 16.2. The summed E-state index contributed by atoms with van der Waals surface area (Å²) in [4.78, 5) is 17.5. The van der Waals surface area contributed by atoms with E-state index in [0.717, 1.165) is 55.5 Å². The average Bonchev–Trinajstić information content (AvgIpc) is 2.93. The summed E-state index contributed by atoms with van der Waals surface area (Å²) < 4.78 is 1.84. The van der Waals surface area contributed by atoms with E-state index in [1.54, 1.807) is 0 Å². The minimum atomic E-state index is 0.144. The van der Waals surface area contributed by atoms with E-state index in [2.05, 4.69) is 28.3 Å². The second-order valence-electron chi connectivity index (χ2n) is 6.97. The Balaban J connectivity index is 1.47. The minimum absolute atomic E-state index is 0.144. The molecule has 2 heterocycles. The molecule has 26 heavy (non-hydrogen) atoms. The van der Waals surface area contributed by atoms with Crippen LogP contribution in [0, 0.1) is 0 Å². The van der Waals surface area contributed by atoms with Gasteiger partial charge in [0.25, 0.3) is 5.91 Å². The maximum Gasteiger partial charge on any atom is 0.254 e. The van der Waals surface area contributed by atoms with Crippen molar-refractivity contribution in [2.45, 2.75) is 13.0 Å². The lowest BCUT2D eigenvalue weighted by Gasteiger charge is -2.22. The average molecular weight is 348 g/mol. The zero-order valence-corrected chi connectivity index (χ0v) is 15.1. The van der Waals surface area contributed by atoms with Crippen molar-refractivity contribution in [3.8, 4) is 0 Å². The number of hydrogen-bond donors (Lipinski definition) is 0. The lowest BCUT2D eigenvalue weighted by molar-refractivity contribution is 0.0763. The molecule has 2 aromatic carbocycles. The highest BCUT2D eigenvalue weighted by Crippen LogP contribution is 2.21. The predicted octanol–water partition coefficient (Wildman–Crippen LogP) is 2.92. The summed E-state index contributed by atoms with van der Waals surface area (Å²) in [5, 5.41) is 6.40. The molecule has 0 saturated carbocycles. The fourth-order valence-electron chi connectivity index (χ4n) is 3.73. The van der Waals surface area contributed by atoms with E-state index >= 15 is 0 Å². The Morgan fingerprint density at radius 3 is 2.73 bits per heavy atom. The van der Waals surface area contributed by atoms with Crippen LogP contribution < -0.4 is 0 Å². The lowest BCUT2D eigenvalue weighted by atomic mass is 10.0. The van der Waals surface area contributed by atoms with Gasteiger partial charge in [0, 0.05) is 57.1 Å². The molecule has 0 spiro atoms. The molecule has 0 unspecified atom stereocenters. The molecule has 0 bridgehead atoms. The summed E-state index contributed by atoms with van der Waals surface area (Å²) in [6, 6.07) is 14.1. The second-order valence-corrected chi connectivity index (χ2v) is 6.97.